The Hall–Kier alpha value is -2.33. The summed E-state index contributed by atoms with van der Waals surface area (Å²) >= 11 is 0. The van der Waals surface area contributed by atoms with Crippen LogP contribution in [0.2, 0.25) is 0 Å². The predicted octanol–water partition coefficient (Wildman–Crippen LogP) is 2.78. The van der Waals surface area contributed by atoms with Crippen molar-refractivity contribution >= 4 is 21.7 Å². The topological polar surface area (TPSA) is 34.5 Å². The van der Waals surface area contributed by atoms with E-state index in [1.165, 1.54) is 19.5 Å². The largest absolute Gasteiger partial charge is 0.492 e. The summed E-state index contributed by atoms with van der Waals surface area (Å²) in [5.74, 6) is 0.856. The SMILES string of the molecule is Cn1c(=O)c2ccccc2c2c(OCCN3CCC3)cccc21. The minimum Gasteiger partial charge on any atom is -0.492 e. The number of hydrogen-bond donors (Lipinski definition) is 0. The van der Waals surface area contributed by atoms with Crippen LogP contribution >= 0.6 is 0 Å². The normalized spacial score (nSPS) is 15.0. The van der Waals surface area contributed by atoms with Gasteiger partial charge in [-0.15, -0.1) is 0 Å². The Balaban J connectivity index is 1.82. The third-order valence-corrected chi connectivity index (χ3v) is 4.71. The number of aryl methyl sites for hydroxylation is 1. The van der Waals surface area contributed by atoms with E-state index in [1.807, 2.05) is 49.5 Å². The number of nitrogens with zero attached hydrogens (tertiary/aromatic N) is 2. The van der Waals surface area contributed by atoms with Crippen LogP contribution in [0.5, 0.6) is 5.75 Å². The van der Waals surface area contributed by atoms with Gasteiger partial charge in [-0.25, -0.2) is 0 Å². The summed E-state index contributed by atoms with van der Waals surface area (Å²) in [7, 11) is 1.82. The highest BCUT2D eigenvalue weighted by molar-refractivity contribution is 6.08. The van der Waals surface area contributed by atoms with Crippen molar-refractivity contribution in [2.75, 3.05) is 26.2 Å². The van der Waals surface area contributed by atoms with Gasteiger partial charge in [-0.3, -0.25) is 9.69 Å². The third-order valence-electron chi connectivity index (χ3n) is 4.71. The smallest absolute Gasteiger partial charge is 0.258 e. The summed E-state index contributed by atoms with van der Waals surface area (Å²) in [5.41, 5.74) is 0.945. The van der Waals surface area contributed by atoms with Crippen molar-refractivity contribution in [3.05, 3.63) is 52.8 Å². The first kappa shape index (κ1) is 14.3. The summed E-state index contributed by atoms with van der Waals surface area (Å²) in [6, 6.07) is 13.7. The van der Waals surface area contributed by atoms with Gasteiger partial charge < -0.3 is 9.30 Å². The molecule has 1 aromatic heterocycles. The molecule has 1 saturated heterocycles. The van der Waals surface area contributed by atoms with Gasteiger partial charge in [0.05, 0.1) is 5.52 Å². The fraction of sp³-hybridized carbons (Fsp3) is 0.316. The number of ether oxygens (including phenoxy) is 1. The van der Waals surface area contributed by atoms with Crippen molar-refractivity contribution in [3.63, 3.8) is 0 Å². The molecule has 4 heteroatoms. The zero-order chi connectivity index (χ0) is 15.8. The minimum absolute atomic E-state index is 0.0332. The molecule has 3 aromatic rings. The molecule has 4 nitrogen and oxygen atoms in total. The fourth-order valence-corrected chi connectivity index (χ4v) is 3.26. The number of hydrogen-bond acceptors (Lipinski definition) is 3. The van der Waals surface area contributed by atoms with Crippen molar-refractivity contribution in [1.82, 2.24) is 9.47 Å². The molecular formula is C19H20N2O2. The predicted molar refractivity (Wildman–Crippen MR) is 93.2 cm³/mol. The van der Waals surface area contributed by atoms with Crippen molar-refractivity contribution < 1.29 is 4.74 Å². The zero-order valence-electron chi connectivity index (χ0n) is 13.3. The molecule has 0 radical (unpaired) electrons. The monoisotopic (exact) mass is 308 g/mol. The van der Waals surface area contributed by atoms with Gasteiger partial charge in [0, 0.05) is 29.8 Å². The lowest BCUT2D eigenvalue weighted by Gasteiger charge is -2.30. The first-order valence-corrected chi connectivity index (χ1v) is 8.11. The van der Waals surface area contributed by atoms with Crippen LogP contribution in [0.15, 0.2) is 47.3 Å². The number of likely N-dealkylation sites (tertiary alicyclic amines) is 1. The summed E-state index contributed by atoms with van der Waals surface area (Å²) in [5, 5.41) is 2.72. The molecule has 23 heavy (non-hydrogen) atoms. The highest BCUT2D eigenvalue weighted by Gasteiger charge is 2.15. The van der Waals surface area contributed by atoms with Crippen LogP contribution in [0.1, 0.15) is 6.42 Å². The Bertz CT molecular complexity index is 926. The molecule has 0 amide bonds. The van der Waals surface area contributed by atoms with Crippen molar-refractivity contribution in [3.8, 4) is 5.75 Å². The second-order valence-corrected chi connectivity index (χ2v) is 6.10. The molecule has 0 aliphatic carbocycles. The van der Waals surface area contributed by atoms with Crippen LogP contribution in [0.3, 0.4) is 0 Å². The van der Waals surface area contributed by atoms with Gasteiger partial charge in [-0.2, -0.15) is 0 Å². The average molecular weight is 308 g/mol. The molecule has 0 spiro atoms. The lowest BCUT2D eigenvalue weighted by atomic mass is 10.1. The van der Waals surface area contributed by atoms with Crippen molar-refractivity contribution in [1.29, 1.82) is 0 Å². The molecule has 0 bridgehead atoms. The van der Waals surface area contributed by atoms with Gasteiger partial charge in [-0.05, 0) is 37.7 Å². The molecule has 0 saturated carbocycles. The second kappa shape index (κ2) is 5.70. The van der Waals surface area contributed by atoms with Crippen LogP contribution in [0.25, 0.3) is 21.7 Å². The average Bonchev–Trinajstić information content (AvgIpc) is 2.54. The highest BCUT2D eigenvalue weighted by Crippen LogP contribution is 2.31. The number of aromatic nitrogens is 1. The van der Waals surface area contributed by atoms with E-state index in [4.69, 9.17) is 4.74 Å². The van der Waals surface area contributed by atoms with E-state index < -0.39 is 0 Å². The number of benzene rings is 2. The third kappa shape index (κ3) is 2.39. The molecule has 4 rings (SSSR count). The van der Waals surface area contributed by atoms with Gasteiger partial charge in [0.15, 0.2) is 0 Å². The maximum atomic E-state index is 12.5. The van der Waals surface area contributed by atoms with E-state index in [0.29, 0.717) is 6.61 Å². The van der Waals surface area contributed by atoms with E-state index in [2.05, 4.69) is 4.90 Å². The lowest BCUT2D eigenvalue weighted by Crippen LogP contribution is -2.39. The van der Waals surface area contributed by atoms with E-state index in [-0.39, 0.29) is 5.56 Å². The van der Waals surface area contributed by atoms with E-state index >= 15 is 0 Å². The molecule has 0 unspecified atom stereocenters. The highest BCUT2D eigenvalue weighted by atomic mass is 16.5. The fourth-order valence-electron chi connectivity index (χ4n) is 3.26. The number of rotatable bonds is 4. The Morgan fingerprint density at radius 1 is 1.04 bits per heavy atom. The van der Waals surface area contributed by atoms with Gasteiger partial charge in [0.25, 0.3) is 5.56 Å². The molecule has 1 fully saturated rings. The molecule has 118 valence electrons. The molecule has 2 aromatic carbocycles. The first-order chi connectivity index (χ1) is 11.3. The molecule has 0 atom stereocenters. The van der Waals surface area contributed by atoms with Crippen LogP contribution in [-0.2, 0) is 7.05 Å². The molecule has 1 aliphatic heterocycles. The Morgan fingerprint density at radius 3 is 2.57 bits per heavy atom. The molecular weight excluding hydrogens is 288 g/mol. The summed E-state index contributed by atoms with van der Waals surface area (Å²) in [4.78, 5) is 14.9. The van der Waals surface area contributed by atoms with Gasteiger partial charge >= 0.3 is 0 Å². The second-order valence-electron chi connectivity index (χ2n) is 6.10. The van der Waals surface area contributed by atoms with Crippen molar-refractivity contribution in [2.45, 2.75) is 6.42 Å². The summed E-state index contributed by atoms with van der Waals surface area (Å²) in [6.07, 6.45) is 1.29. The van der Waals surface area contributed by atoms with E-state index in [0.717, 1.165) is 34.0 Å². The molecule has 2 heterocycles. The maximum Gasteiger partial charge on any atom is 0.258 e. The quantitative estimate of drug-likeness (QED) is 0.695. The summed E-state index contributed by atoms with van der Waals surface area (Å²) < 4.78 is 7.78. The minimum atomic E-state index is 0.0332. The Labute approximate surface area is 134 Å². The van der Waals surface area contributed by atoms with Crippen LogP contribution in [-0.4, -0.2) is 35.7 Å². The van der Waals surface area contributed by atoms with Crippen molar-refractivity contribution in [2.24, 2.45) is 7.05 Å². The standard InChI is InChI=1S/C19H20N2O2/c1-20-16-8-4-9-17(23-13-12-21-10-5-11-21)18(16)14-6-2-3-7-15(14)19(20)22/h2-4,6-9H,5,10-13H2,1H3. The van der Waals surface area contributed by atoms with E-state index in [1.54, 1.807) is 4.57 Å². The van der Waals surface area contributed by atoms with Gasteiger partial charge in [0.1, 0.15) is 12.4 Å². The molecule has 1 aliphatic rings. The number of pyridine rings is 1. The maximum absolute atomic E-state index is 12.5. The summed E-state index contributed by atoms with van der Waals surface area (Å²) in [6.45, 7) is 3.99. The Kier molecular flexibility index (Phi) is 3.54. The number of fused-ring (bicyclic) bond motifs is 3. The van der Waals surface area contributed by atoms with E-state index in [9.17, 15) is 4.79 Å². The van der Waals surface area contributed by atoms with Crippen LogP contribution < -0.4 is 10.3 Å². The van der Waals surface area contributed by atoms with Gasteiger partial charge in [-0.1, -0.05) is 24.3 Å². The van der Waals surface area contributed by atoms with Gasteiger partial charge in [0.2, 0.25) is 0 Å². The molecule has 0 N–H and O–H groups in total. The Morgan fingerprint density at radius 2 is 1.83 bits per heavy atom. The first-order valence-electron chi connectivity index (χ1n) is 8.11. The van der Waals surface area contributed by atoms with Crippen LogP contribution in [0.4, 0.5) is 0 Å². The van der Waals surface area contributed by atoms with Crippen LogP contribution in [0, 0.1) is 0 Å². The lowest BCUT2D eigenvalue weighted by molar-refractivity contribution is 0.147. The zero-order valence-corrected chi connectivity index (χ0v) is 13.3.